The second kappa shape index (κ2) is 14.4. The van der Waals surface area contributed by atoms with Crippen molar-refractivity contribution in [2.75, 3.05) is 23.9 Å². The van der Waals surface area contributed by atoms with Crippen LogP contribution in [0.3, 0.4) is 0 Å². The molecule has 13 heteroatoms. The Hall–Kier alpha value is -5.03. The molecule has 0 spiro atoms. The van der Waals surface area contributed by atoms with Gasteiger partial charge in [0.15, 0.2) is 18.1 Å². The molecule has 1 aliphatic rings. The number of rotatable bonds is 10. The van der Waals surface area contributed by atoms with Gasteiger partial charge in [0, 0.05) is 5.69 Å². The molecule has 1 aliphatic heterocycles. The van der Waals surface area contributed by atoms with Crippen LogP contribution in [0.4, 0.5) is 16.2 Å². The van der Waals surface area contributed by atoms with Crippen molar-refractivity contribution in [1.29, 1.82) is 0 Å². The Bertz CT molecular complexity index is 1850. The third kappa shape index (κ3) is 7.60. The van der Waals surface area contributed by atoms with E-state index in [2.05, 4.69) is 10.6 Å². The molecular weight excluding hydrogens is 657 g/mol. The van der Waals surface area contributed by atoms with Crippen molar-refractivity contribution in [3.05, 3.63) is 117 Å². The van der Waals surface area contributed by atoms with E-state index in [4.69, 9.17) is 49.0 Å². The lowest BCUT2D eigenvalue weighted by atomic mass is 10.1. The van der Waals surface area contributed by atoms with Gasteiger partial charge in [-0.3, -0.25) is 19.7 Å². The maximum Gasteiger partial charge on any atom is 0.335 e. The van der Waals surface area contributed by atoms with Gasteiger partial charge in [0.1, 0.15) is 17.9 Å². The molecule has 0 saturated carbocycles. The summed E-state index contributed by atoms with van der Waals surface area (Å²) in [4.78, 5) is 52.1. The Morgan fingerprint density at radius 1 is 0.870 bits per heavy atom. The molecule has 5 amide bonds. The largest absolute Gasteiger partial charge is 0.493 e. The summed E-state index contributed by atoms with van der Waals surface area (Å²) >= 11 is 18.4. The van der Waals surface area contributed by atoms with Gasteiger partial charge in [-0.2, -0.15) is 0 Å². The minimum Gasteiger partial charge on any atom is -0.493 e. The molecule has 10 nitrogen and oxygen atoms in total. The van der Waals surface area contributed by atoms with Crippen LogP contribution in [0.5, 0.6) is 17.2 Å². The molecule has 1 heterocycles. The SMILES string of the molecule is COc1cc(/C=C2/C(=O)NC(=O)N(c3ccc(OCc4ccccc4)cc3)C2=O)cc(Cl)c1OCC(=O)Nc1ccc(Cl)c(Cl)c1. The average Bonchev–Trinajstić information content (AvgIpc) is 3.04. The first-order valence-corrected chi connectivity index (χ1v) is 14.7. The predicted molar refractivity (Wildman–Crippen MR) is 175 cm³/mol. The van der Waals surface area contributed by atoms with Crippen LogP contribution >= 0.6 is 34.8 Å². The molecule has 0 aromatic heterocycles. The van der Waals surface area contributed by atoms with Crippen molar-refractivity contribution < 1.29 is 33.4 Å². The summed E-state index contributed by atoms with van der Waals surface area (Å²) in [6.45, 7) is -0.0860. The number of carbonyl (C=O) groups excluding carboxylic acids is 4. The number of amides is 5. The number of carbonyl (C=O) groups is 4. The van der Waals surface area contributed by atoms with Gasteiger partial charge < -0.3 is 19.5 Å². The van der Waals surface area contributed by atoms with E-state index >= 15 is 0 Å². The molecule has 2 N–H and O–H groups in total. The molecule has 0 unspecified atom stereocenters. The van der Waals surface area contributed by atoms with Crippen LogP contribution in [0, 0.1) is 0 Å². The third-order valence-corrected chi connectivity index (χ3v) is 7.58. The van der Waals surface area contributed by atoms with E-state index in [0.717, 1.165) is 10.5 Å². The van der Waals surface area contributed by atoms with Gasteiger partial charge in [-0.15, -0.1) is 0 Å². The lowest BCUT2D eigenvalue weighted by Gasteiger charge is -2.26. The van der Waals surface area contributed by atoms with Gasteiger partial charge in [-0.1, -0.05) is 65.1 Å². The minimum atomic E-state index is -0.899. The van der Waals surface area contributed by atoms with Crippen molar-refractivity contribution in [2.24, 2.45) is 0 Å². The zero-order valence-corrected chi connectivity index (χ0v) is 26.3. The molecule has 234 valence electrons. The summed E-state index contributed by atoms with van der Waals surface area (Å²) in [5.74, 6) is -1.52. The fourth-order valence-corrected chi connectivity index (χ4v) is 4.93. The van der Waals surface area contributed by atoms with E-state index < -0.39 is 30.4 Å². The van der Waals surface area contributed by atoms with Crippen LogP contribution in [0.25, 0.3) is 6.08 Å². The van der Waals surface area contributed by atoms with Crippen molar-refractivity contribution in [3.63, 3.8) is 0 Å². The van der Waals surface area contributed by atoms with Crippen LogP contribution in [0.1, 0.15) is 11.1 Å². The maximum atomic E-state index is 13.4. The van der Waals surface area contributed by atoms with Crippen molar-refractivity contribution >= 4 is 76.0 Å². The zero-order valence-electron chi connectivity index (χ0n) is 24.0. The number of urea groups is 1. The van der Waals surface area contributed by atoms with Crippen molar-refractivity contribution in [1.82, 2.24) is 5.32 Å². The molecule has 1 saturated heterocycles. The molecule has 4 aromatic carbocycles. The molecule has 0 radical (unpaired) electrons. The highest BCUT2D eigenvalue weighted by molar-refractivity contribution is 6.42. The van der Waals surface area contributed by atoms with Crippen molar-refractivity contribution in [3.8, 4) is 17.2 Å². The second-order valence-corrected chi connectivity index (χ2v) is 10.9. The molecule has 46 heavy (non-hydrogen) atoms. The van der Waals surface area contributed by atoms with Crippen LogP contribution in [-0.2, 0) is 21.0 Å². The number of barbiturate groups is 1. The number of anilines is 2. The normalized spacial score (nSPS) is 13.8. The number of benzene rings is 4. The first-order valence-electron chi connectivity index (χ1n) is 13.6. The van der Waals surface area contributed by atoms with E-state index in [1.165, 1.54) is 43.5 Å². The standard InChI is InChI=1S/C33H24Cl3N3O7/c1-44-28-15-20(14-27(36)30(28)46-18-29(40)37-21-7-12-25(34)26(35)16-21)13-24-31(41)38-33(43)39(32(24)42)22-8-10-23(11-9-22)45-17-19-5-3-2-4-6-19/h2-16H,17-18H2,1H3,(H,37,40)(H,38,41,43)/b24-13-. The Morgan fingerprint density at radius 3 is 2.30 bits per heavy atom. The lowest BCUT2D eigenvalue weighted by Crippen LogP contribution is -2.54. The Morgan fingerprint density at radius 2 is 1.61 bits per heavy atom. The quantitative estimate of drug-likeness (QED) is 0.138. The second-order valence-electron chi connectivity index (χ2n) is 9.73. The zero-order chi connectivity index (χ0) is 32.8. The summed E-state index contributed by atoms with van der Waals surface area (Å²) < 4.78 is 16.8. The Labute approximate surface area is 278 Å². The molecule has 0 aliphatic carbocycles. The third-order valence-electron chi connectivity index (χ3n) is 6.56. The topological polar surface area (TPSA) is 123 Å². The first-order chi connectivity index (χ1) is 22.1. The average molecular weight is 681 g/mol. The fraction of sp³-hybridized carbons (Fsp3) is 0.0909. The summed E-state index contributed by atoms with van der Waals surface area (Å²) in [5, 5.41) is 5.46. The van der Waals surface area contributed by atoms with Gasteiger partial charge in [0.25, 0.3) is 17.7 Å². The highest BCUT2D eigenvalue weighted by Gasteiger charge is 2.37. The smallest absolute Gasteiger partial charge is 0.335 e. The highest BCUT2D eigenvalue weighted by atomic mass is 35.5. The highest BCUT2D eigenvalue weighted by Crippen LogP contribution is 2.37. The molecule has 1 fully saturated rings. The van der Waals surface area contributed by atoms with Gasteiger partial charge in [-0.05, 0) is 71.8 Å². The van der Waals surface area contributed by atoms with Gasteiger partial charge in [-0.25, -0.2) is 9.69 Å². The number of ether oxygens (including phenoxy) is 3. The molecular formula is C33H24Cl3N3O7. The van der Waals surface area contributed by atoms with Crippen LogP contribution in [-0.4, -0.2) is 37.5 Å². The van der Waals surface area contributed by atoms with Gasteiger partial charge in [0.2, 0.25) is 0 Å². The van der Waals surface area contributed by atoms with E-state index in [1.807, 2.05) is 30.3 Å². The fourth-order valence-electron chi connectivity index (χ4n) is 4.36. The van der Waals surface area contributed by atoms with Crippen molar-refractivity contribution in [2.45, 2.75) is 6.61 Å². The molecule has 4 aromatic rings. The monoisotopic (exact) mass is 679 g/mol. The molecule has 0 atom stereocenters. The summed E-state index contributed by atoms with van der Waals surface area (Å²) in [6, 6.07) is 22.5. The minimum absolute atomic E-state index is 0.0382. The van der Waals surface area contributed by atoms with E-state index in [-0.39, 0.29) is 32.8 Å². The predicted octanol–water partition coefficient (Wildman–Crippen LogP) is 6.92. The Balaban J connectivity index is 1.30. The number of nitrogens with one attached hydrogen (secondary N) is 2. The van der Waals surface area contributed by atoms with Gasteiger partial charge in [0.05, 0.1) is 27.9 Å². The summed E-state index contributed by atoms with van der Waals surface area (Å²) in [5.41, 5.74) is 1.60. The summed E-state index contributed by atoms with van der Waals surface area (Å²) in [6.07, 6.45) is 1.27. The lowest BCUT2D eigenvalue weighted by molar-refractivity contribution is -0.122. The molecule has 5 rings (SSSR count). The maximum absolute atomic E-state index is 13.4. The molecule has 0 bridgehead atoms. The first kappa shape index (κ1) is 32.4. The number of halogens is 3. The number of nitrogens with zero attached hydrogens (tertiary/aromatic N) is 1. The Kier molecular flexibility index (Phi) is 10.1. The van der Waals surface area contributed by atoms with Gasteiger partial charge >= 0.3 is 6.03 Å². The van der Waals surface area contributed by atoms with Crippen LogP contribution < -0.4 is 29.7 Å². The number of methoxy groups -OCH3 is 1. The number of hydrogen-bond donors (Lipinski definition) is 2. The number of hydrogen-bond acceptors (Lipinski definition) is 7. The van der Waals surface area contributed by atoms with E-state index in [0.29, 0.717) is 28.6 Å². The van der Waals surface area contributed by atoms with Crippen LogP contribution in [0.2, 0.25) is 15.1 Å². The van der Waals surface area contributed by atoms with Crippen LogP contribution in [0.15, 0.2) is 90.5 Å². The van der Waals surface area contributed by atoms with E-state index in [1.54, 1.807) is 24.3 Å². The number of imide groups is 2. The van der Waals surface area contributed by atoms with E-state index in [9.17, 15) is 19.2 Å². The summed E-state index contributed by atoms with van der Waals surface area (Å²) in [7, 11) is 1.36.